The lowest BCUT2D eigenvalue weighted by molar-refractivity contribution is -0.0492. The van der Waals surface area contributed by atoms with Crippen LogP contribution in [0, 0.1) is 0 Å². The van der Waals surface area contributed by atoms with Gasteiger partial charge >= 0.3 is 0 Å². The molecule has 1 fully saturated rings. The summed E-state index contributed by atoms with van der Waals surface area (Å²) in [4.78, 5) is 0. The maximum absolute atomic E-state index is 5.72. The Hall–Kier alpha value is -0.320. The standard InChI is InChI=1S/C9H12BrNO2/c1-6-5-11-9(2,13-6)7-3-4-8(10)12-7/h3-4,6,11H,5H2,1-2H3. The zero-order valence-electron chi connectivity index (χ0n) is 7.63. The normalized spacial score (nSPS) is 33.9. The third kappa shape index (κ3) is 1.66. The van der Waals surface area contributed by atoms with E-state index in [2.05, 4.69) is 21.2 Å². The summed E-state index contributed by atoms with van der Waals surface area (Å²) in [5.74, 6) is 0.809. The van der Waals surface area contributed by atoms with Crippen LogP contribution in [-0.2, 0) is 10.5 Å². The number of nitrogens with one attached hydrogen (secondary N) is 1. The molecular weight excluding hydrogens is 234 g/mol. The number of halogens is 1. The van der Waals surface area contributed by atoms with Crippen molar-refractivity contribution in [1.29, 1.82) is 0 Å². The van der Waals surface area contributed by atoms with Gasteiger partial charge in [0.2, 0.25) is 0 Å². The fourth-order valence-corrected chi connectivity index (χ4v) is 1.85. The van der Waals surface area contributed by atoms with Gasteiger partial charge in [-0.3, -0.25) is 5.32 Å². The van der Waals surface area contributed by atoms with Crippen molar-refractivity contribution in [3.63, 3.8) is 0 Å². The van der Waals surface area contributed by atoms with Crippen molar-refractivity contribution in [2.24, 2.45) is 0 Å². The molecule has 0 aliphatic carbocycles. The van der Waals surface area contributed by atoms with Gasteiger partial charge < -0.3 is 9.15 Å². The van der Waals surface area contributed by atoms with Gasteiger partial charge in [0.05, 0.1) is 6.10 Å². The van der Waals surface area contributed by atoms with Crippen LogP contribution in [0.5, 0.6) is 0 Å². The van der Waals surface area contributed by atoms with E-state index >= 15 is 0 Å². The zero-order valence-corrected chi connectivity index (χ0v) is 9.22. The van der Waals surface area contributed by atoms with E-state index in [9.17, 15) is 0 Å². The van der Waals surface area contributed by atoms with Crippen LogP contribution in [0.2, 0.25) is 0 Å². The summed E-state index contributed by atoms with van der Waals surface area (Å²) in [6, 6.07) is 3.78. The Morgan fingerprint density at radius 2 is 2.38 bits per heavy atom. The number of rotatable bonds is 1. The summed E-state index contributed by atoms with van der Waals surface area (Å²) in [6.07, 6.45) is 0.230. The first-order chi connectivity index (χ1) is 6.10. The minimum Gasteiger partial charge on any atom is -0.450 e. The minimum atomic E-state index is -0.467. The van der Waals surface area contributed by atoms with Crippen molar-refractivity contribution in [2.45, 2.75) is 25.7 Å². The van der Waals surface area contributed by atoms with Gasteiger partial charge in [0.1, 0.15) is 0 Å². The molecule has 2 rings (SSSR count). The highest BCUT2D eigenvalue weighted by Crippen LogP contribution is 2.30. The highest BCUT2D eigenvalue weighted by atomic mass is 79.9. The summed E-state index contributed by atoms with van der Waals surface area (Å²) in [6.45, 7) is 4.87. The fourth-order valence-electron chi connectivity index (χ4n) is 1.54. The molecule has 1 aromatic heterocycles. The van der Waals surface area contributed by atoms with Crippen LogP contribution in [0.4, 0.5) is 0 Å². The van der Waals surface area contributed by atoms with Crippen LogP contribution in [0.1, 0.15) is 19.6 Å². The third-order valence-corrected chi connectivity index (χ3v) is 2.63. The highest BCUT2D eigenvalue weighted by molar-refractivity contribution is 9.10. The fraction of sp³-hybridized carbons (Fsp3) is 0.556. The SMILES string of the molecule is CC1CNC(C)(c2ccc(Br)o2)O1. The molecular formula is C9H12BrNO2. The Labute approximate surface area is 85.6 Å². The van der Waals surface area contributed by atoms with Crippen LogP contribution in [0.3, 0.4) is 0 Å². The predicted molar refractivity (Wildman–Crippen MR) is 52.3 cm³/mol. The molecule has 0 amide bonds. The molecule has 3 nitrogen and oxygen atoms in total. The maximum Gasteiger partial charge on any atom is 0.175 e. The van der Waals surface area contributed by atoms with E-state index in [0.717, 1.165) is 17.0 Å². The molecule has 1 saturated heterocycles. The second-order valence-electron chi connectivity index (χ2n) is 3.45. The smallest absolute Gasteiger partial charge is 0.175 e. The summed E-state index contributed by atoms with van der Waals surface area (Å²) in [5, 5.41) is 3.28. The van der Waals surface area contributed by atoms with E-state index in [0.29, 0.717) is 0 Å². The largest absolute Gasteiger partial charge is 0.450 e. The van der Waals surface area contributed by atoms with Crippen LogP contribution >= 0.6 is 15.9 Å². The Morgan fingerprint density at radius 1 is 1.62 bits per heavy atom. The second kappa shape index (κ2) is 3.12. The minimum absolute atomic E-state index is 0.230. The predicted octanol–water partition coefficient (Wildman–Crippen LogP) is 2.22. The van der Waals surface area contributed by atoms with Gasteiger partial charge in [-0.25, -0.2) is 0 Å². The quantitative estimate of drug-likeness (QED) is 0.825. The van der Waals surface area contributed by atoms with Crippen molar-refractivity contribution in [1.82, 2.24) is 5.32 Å². The van der Waals surface area contributed by atoms with Crippen molar-refractivity contribution in [3.05, 3.63) is 22.6 Å². The van der Waals surface area contributed by atoms with Gasteiger partial charge in [-0.05, 0) is 41.9 Å². The Bertz CT molecular complexity index is 312. The van der Waals surface area contributed by atoms with Crippen molar-refractivity contribution in [3.8, 4) is 0 Å². The van der Waals surface area contributed by atoms with Gasteiger partial charge in [-0.2, -0.15) is 0 Å². The average Bonchev–Trinajstić information content (AvgIpc) is 2.60. The lowest BCUT2D eigenvalue weighted by Gasteiger charge is -2.21. The zero-order chi connectivity index (χ0) is 9.47. The Morgan fingerprint density at radius 3 is 2.85 bits per heavy atom. The molecule has 4 heteroatoms. The third-order valence-electron chi connectivity index (χ3n) is 2.21. The molecule has 13 heavy (non-hydrogen) atoms. The summed E-state index contributed by atoms with van der Waals surface area (Å²) >= 11 is 3.27. The molecule has 2 heterocycles. The van der Waals surface area contributed by atoms with Gasteiger partial charge in [0.25, 0.3) is 0 Å². The molecule has 2 atom stereocenters. The Kier molecular flexibility index (Phi) is 2.21. The van der Waals surface area contributed by atoms with Gasteiger partial charge in [0.15, 0.2) is 16.2 Å². The first-order valence-corrected chi connectivity index (χ1v) is 5.08. The van der Waals surface area contributed by atoms with Gasteiger partial charge in [0, 0.05) is 6.54 Å². The van der Waals surface area contributed by atoms with E-state index in [1.807, 2.05) is 26.0 Å². The lowest BCUT2D eigenvalue weighted by Crippen LogP contribution is -2.34. The number of furan rings is 1. The summed E-state index contributed by atoms with van der Waals surface area (Å²) in [5.41, 5.74) is -0.467. The van der Waals surface area contributed by atoms with Crippen LogP contribution in [0.25, 0.3) is 0 Å². The lowest BCUT2D eigenvalue weighted by atomic mass is 10.2. The van der Waals surface area contributed by atoms with Crippen LogP contribution in [-0.4, -0.2) is 12.6 Å². The topological polar surface area (TPSA) is 34.4 Å². The van der Waals surface area contributed by atoms with Gasteiger partial charge in [-0.1, -0.05) is 0 Å². The highest BCUT2D eigenvalue weighted by Gasteiger charge is 2.37. The Balaban J connectivity index is 2.25. The maximum atomic E-state index is 5.72. The first-order valence-electron chi connectivity index (χ1n) is 4.29. The molecule has 1 aromatic rings. The molecule has 1 N–H and O–H groups in total. The number of hydrogen-bond acceptors (Lipinski definition) is 3. The van der Waals surface area contributed by atoms with Crippen molar-refractivity contribution in [2.75, 3.05) is 6.54 Å². The number of hydrogen-bond donors (Lipinski definition) is 1. The summed E-state index contributed by atoms with van der Waals surface area (Å²) < 4.78 is 11.9. The first kappa shape index (κ1) is 9.24. The van der Waals surface area contributed by atoms with E-state index in [-0.39, 0.29) is 6.10 Å². The van der Waals surface area contributed by atoms with Crippen LogP contribution in [0.15, 0.2) is 21.2 Å². The molecule has 0 spiro atoms. The average molecular weight is 246 g/mol. The molecule has 2 unspecified atom stereocenters. The number of ether oxygens (including phenoxy) is 1. The molecule has 72 valence electrons. The van der Waals surface area contributed by atoms with E-state index in [4.69, 9.17) is 9.15 Å². The molecule has 1 aliphatic rings. The molecule has 0 aromatic carbocycles. The monoisotopic (exact) mass is 245 g/mol. The molecule has 0 saturated carbocycles. The van der Waals surface area contributed by atoms with Gasteiger partial charge in [-0.15, -0.1) is 0 Å². The molecule has 0 bridgehead atoms. The van der Waals surface area contributed by atoms with E-state index in [1.54, 1.807) is 0 Å². The van der Waals surface area contributed by atoms with E-state index < -0.39 is 5.72 Å². The molecule has 1 aliphatic heterocycles. The summed E-state index contributed by atoms with van der Waals surface area (Å²) in [7, 11) is 0. The van der Waals surface area contributed by atoms with Crippen LogP contribution < -0.4 is 5.32 Å². The van der Waals surface area contributed by atoms with E-state index in [1.165, 1.54) is 0 Å². The van der Waals surface area contributed by atoms with Crippen molar-refractivity contribution >= 4 is 15.9 Å². The van der Waals surface area contributed by atoms with Crippen molar-refractivity contribution < 1.29 is 9.15 Å². The molecule has 0 radical (unpaired) electrons. The second-order valence-corrected chi connectivity index (χ2v) is 4.23.